The lowest BCUT2D eigenvalue weighted by Crippen LogP contribution is -2.44. The van der Waals surface area contributed by atoms with Crippen LogP contribution in [-0.2, 0) is 22.4 Å². The van der Waals surface area contributed by atoms with Crippen molar-refractivity contribution < 1.29 is 19.1 Å². The van der Waals surface area contributed by atoms with E-state index in [1.807, 2.05) is 34.6 Å². The van der Waals surface area contributed by atoms with Gasteiger partial charge in [-0.3, -0.25) is 0 Å². The Hall–Kier alpha value is -2.11. The Bertz CT molecular complexity index is 732. The van der Waals surface area contributed by atoms with Crippen molar-refractivity contribution in [1.29, 1.82) is 0 Å². The zero-order chi connectivity index (χ0) is 19.1. The molecule has 0 bridgehead atoms. The summed E-state index contributed by atoms with van der Waals surface area (Å²) in [6.07, 6.45) is 3.87. The molecule has 1 fully saturated rings. The van der Waals surface area contributed by atoms with Crippen molar-refractivity contribution in [2.45, 2.75) is 71.4 Å². The van der Waals surface area contributed by atoms with Gasteiger partial charge in [0, 0.05) is 17.2 Å². The summed E-state index contributed by atoms with van der Waals surface area (Å²) >= 11 is 0. The minimum atomic E-state index is -0.522. The molecule has 1 amide bonds. The van der Waals surface area contributed by atoms with Crippen molar-refractivity contribution in [3.05, 3.63) is 22.4 Å². The molecule has 0 aliphatic heterocycles. The molecule has 1 aromatic rings. The highest BCUT2D eigenvalue weighted by molar-refractivity contribution is 5.69. The Balaban J connectivity index is 1.67. The van der Waals surface area contributed by atoms with Gasteiger partial charge in [-0.1, -0.05) is 0 Å². The maximum absolute atomic E-state index is 12.0. The minimum absolute atomic E-state index is 0.0445. The van der Waals surface area contributed by atoms with E-state index in [1.165, 1.54) is 11.1 Å². The number of nitrogens with one attached hydrogen (secondary N) is 1. The first-order valence-electron chi connectivity index (χ1n) is 9.21. The quantitative estimate of drug-likeness (QED) is 0.817. The second kappa shape index (κ2) is 6.56. The second-order valence-corrected chi connectivity index (χ2v) is 8.58. The van der Waals surface area contributed by atoms with E-state index in [0.29, 0.717) is 12.5 Å². The van der Waals surface area contributed by atoms with E-state index in [2.05, 4.69) is 10.3 Å². The highest BCUT2D eigenvalue weighted by atomic mass is 16.6. The van der Waals surface area contributed by atoms with Gasteiger partial charge in [0.1, 0.15) is 18.5 Å². The molecule has 0 spiro atoms. The molecule has 26 heavy (non-hydrogen) atoms. The Labute approximate surface area is 154 Å². The number of alkyl carbamates (subject to hydrolysis) is 1. The zero-order valence-corrected chi connectivity index (χ0v) is 16.3. The van der Waals surface area contributed by atoms with Gasteiger partial charge < -0.3 is 19.6 Å². The molecule has 6 nitrogen and oxygen atoms in total. The number of pyridine rings is 1. The largest absolute Gasteiger partial charge is 0.475 e. The van der Waals surface area contributed by atoms with Crippen LogP contribution in [0.4, 0.5) is 4.79 Å². The average molecular weight is 360 g/mol. The van der Waals surface area contributed by atoms with Gasteiger partial charge in [-0.2, -0.15) is 0 Å². The van der Waals surface area contributed by atoms with Crippen molar-refractivity contribution in [1.82, 2.24) is 10.3 Å². The van der Waals surface area contributed by atoms with Gasteiger partial charge in [-0.15, -0.1) is 0 Å². The number of nitrogens with zero attached hydrogens (tertiary/aromatic N) is 1. The number of aromatic nitrogens is 1. The number of aldehydes is 1. The van der Waals surface area contributed by atoms with E-state index < -0.39 is 11.7 Å². The SMILES string of the molecule is Cc1nc(OCC2(NC(=O)OC(C)(C)C)CC2)c(C)c2c1CC(C=O)C2. The summed E-state index contributed by atoms with van der Waals surface area (Å²) in [6.45, 7) is 9.86. The molecule has 1 saturated carbocycles. The standard InChI is InChI=1S/C20H28N2O4/c1-12-15-8-14(10-23)9-16(15)13(2)21-17(12)25-11-20(6-7-20)22-18(24)26-19(3,4)5/h10,14H,6-9,11H2,1-5H3,(H,22,24). The van der Waals surface area contributed by atoms with Crippen LogP contribution in [0, 0.1) is 19.8 Å². The van der Waals surface area contributed by atoms with E-state index in [9.17, 15) is 9.59 Å². The molecule has 0 aromatic carbocycles. The molecular weight excluding hydrogens is 332 g/mol. The molecule has 1 N–H and O–H groups in total. The number of hydrogen-bond acceptors (Lipinski definition) is 5. The van der Waals surface area contributed by atoms with Crippen LogP contribution in [0.1, 0.15) is 56.0 Å². The van der Waals surface area contributed by atoms with Crippen LogP contribution in [0.2, 0.25) is 0 Å². The molecule has 1 atom stereocenters. The zero-order valence-electron chi connectivity index (χ0n) is 16.3. The van der Waals surface area contributed by atoms with Crippen LogP contribution in [0.3, 0.4) is 0 Å². The Morgan fingerprint density at radius 1 is 1.27 bits per heavy atom. The fourth-order valence-electron chi connectivity index (χ4n) is 3.44. The third-order valence-electron chi connectivity index (χ3n) is 5.07. The number of carbonyl (C=O) groups excluding carboxylic acids is 2. The number of carbonyl (C=O) groups is 2. The summed E-state index contributed by atoms with van der Waals surface area (Å²) in [7, 11) is 0. The normalized spacial score (nSPS) is 20.3. The fourth-order valence-corrected chi connectivity index (χ4v) is 3.44. The van der Waals surface area contributed by atoms with Crippen LogP contribution in [0.25, 0.3) is 0 Å². The summed E-state index contributed by atoms with van der Waals surface area (Å²) in [5, 5.41) is 2.94. The van der Waals surface area contributed by atoms with Gasteiger partial charge in [0.05, 0.1) is 5.54 Å². The molecular formula is C20H28N2O4. The second-order valence-electron chi connectivity index (χ2n) is 8.58. The summed E-state index contributed by atoms with van der Waals surface area (Å²) in [4.78, 5) is 27.8. The lowest BCUT2D eigenvalue weighted by atomic mass is 10.0. The average Bonchev–Trinajstić information content (AvgIpc) is 3.13. The smallest absolute Gasteiger partial charge is 0.408 e. The van der Waals surface area contributed by atoms with Crippen molar-refractivity contribution in [3.8, 4) is 5.88 Å². The Morgan fingerprint density at radius 2 is 1.92 bits per heavy atom. The lowest BCUT2D eigenvalue weighted by molar-refractivity contribution is -0.110. The third-order valence-corrected chi connectivity index (χ3v) is 5.07. The van der Waals surface area contributed by atoms with Crippen LogP contribution < -0.4 is 10.1 Å². The van der Waals surface area contributed by atoms with Crippen LogP contribution >= 0.6 is 0 Å². The van der Waals surface area contributed by atoms with Crippen LogP contribution in [-0.4, -0.2) is 35.1 Å². The van der Waals surface area contributed by atoms with Gasteiger partial charge in [0.25, 0.3) is 0 Å². The van der Waals surface area contributed by atoms with Crippen molar-refractivity contribution in [2.75, 3.05) is 6.61 Å². The number of fused-ring (bicyclic) bond motifs is 1. The Kier molecular flexibility index (Phi) is 4.71. The predicted molar refractivity (Wildman–Crippen MR) is 97.5 cm³/mol. The highest BCUT2D eigenvalue weighted by Gasteiger charge is 2.46. The predicted octanol–water partition coefficient (Wildman–Crippen LogP) is 3.05. The monoisotopic (exact) mass is 360 g/mol. The topological polar surface area (TPSA) is 77.5 Å². The number of rotatable bonds is 5. The molecule has 3 rings (SSSR count). The maximum atomic E-state index is 12.0. The molecule has 0 saturated heterocycles. The number of ether oxygens (including phenoxy) is 2. The number of aryl methyl sites for hydroxylation is 1. The van der Waals surface area contributed by atoms with Gasteiger partial charge in [0.2, 0.25) is 5.88 Å². The third kappa shape index (κ3) is 4.00. The number of amides is 1. The summed E-state index contributed by atoms with van der Waals surface area (Å²) in [5.41, 5.74) is 3.41. The molecule has 0 radical (unpaired) electrons. The minimum Gasteiger partial charge on any atom is -0.475 e. The highest BCUT2D eigenvalue weighted by Crippen LogP contribution is 2.38. The summed E-state index contributed by atoms with van der Waals surface area (Å²) < 4.78 is 11.3. The van der Waals surface area contributed by atoms with E-state index >= 15 is 0 Å². The first kappa shape index (κ1) is 18.7. The molecule has 6 heteroatoms. The van der Waals surface area contributed by atoms with Crippen molar-refractivity contribution in [3.63, 3.8) is 0 Å². The van der Waals surface area contributed by atoms with E-state index in [1.54, 1.807) is 0 Å². The molecule has 142 valence electrons. The van der Waals surface area contributed by atoms with E-state index in [-0.39, 0.29) is 11.5 Å². The van der Waals surface area contributed by atoms with Gasteiger partial charge in [0.15, 0.2) is 0 Å². The molecule has 2 aliphatic carbocycles. The first-order chi connectivity index (χ1) is 12.1. The summed E-state index contributed by atoms with van der Waals surface area (Å²) in [5.74, 6) is 0.646. The van der Waals surface area contributed by atoms with Gasteiger partial charge in [-0.25, -0.2) is 9.78 Å². The van der Waals surface area contributed by atoms with Crippen LogP contribution in [0.15, 0.2) is 0 Å². The lowest BCUT2D eigenvalue weighted by Gasteiger charge is -2.24. The van der Waals surface area contributed by atoms with Crippen LogP contribution in [0.5, 0.6) is 5.88 Å². The maximum Gasteiger partial charge on any atom is 0.408 e. The molecule has 1 heterocycles. The Morgan fingerprint density at radius 3 is 2.50 bits per heavy atom. The molecule has 1 unspecified atom stereocenters. The van der Waals surface area contributed by atoms with E-state index in [4.69, 9.17) is 9.47 Å². The molecule has 1 aromatic heterocycles. The first-order valence-corrected chi connectivity index (χ1v) is 9.21. The van der Waals surface area contributed by atoms with Gasteiger partial charge >= 0.3 is 6.09 Å². The van der Waals surface area contributed by atoms with E-state index in [0.717, 1.165) is 43.2 Å². The molecule has 2 aliphatic rings. The van der Waals surface area contributed by atoms with Crippen molar-refractivity contribution in [2.24, 2.45) is 5.92 Å². The fraction of sp³-hybridized carbons (Fsp3) is 0.650. The van der Waals surface area contributed by atoms with Gasteiger partial charge in [-0.05, 0) is 71.4 Å². The summed E-state index contributed by atoms with van der Waals surface area (Å²) in [6, 6.07) is 0. The van der Waals surface area contributed by atoms with Crippen molar-refractivity contribution >= 4 is 12.4 Å². The number of hydrogen-bond donors (Lipinski definition) is 1.